The Balaban J connectivity index is 1.68. The molecule has 0 bridgehead atoms. The van der Waals surface area contributed by atoms with Crippen LogP contribution < -0.4 is 5.14 Å². The minimum Gasteiger partial charge on any atom is -0.339 e. The van der Waals surface area contributed by atoms with Crippen LogP contribution in [0.1, 0.15) is 36.4 Å². The van der Waals surface area contributed by atoms with Crippen molar-refractivity contribution in [3.05, 3.63) is 65.5 Å². The molecule has 2 aromatic rings. The van der Waals surface area contributed by atoms with Crippen molar-refractivity contribution in [2.45, 2.75) is 30.2 Å². The topological polar surface area (TPSA) is 80.5 Å². The van der Waals surface area contributed by atoms with Gasteiger partial charge in [-0.1, -0.05) is 24.3 Å². The molecule has 1 fully saturated rings. The zero-order valence-corrected chi connectivity index (χ0v) is 15.4. The lowest BCUT2D eigenvalue weighted by Gasteiger charge is -2.26. The standard InChI is InChI=1S/C19H21FN2O3S/c1-12(13-5-9-16(10-6-13)26(21,24)25)22(2)19(23)18-11-17(18)14-3-7-15(20)8-4-14/h3-10,12,17-18H,11H2,1-2H3,(H2,21,24,25). The third-order valence-corrected chi connectivity index (χ3v) is 5.95. The Bertz CT molecular complexity index is 911. The second-order valence-corrected chi connectivity index (χ2v) is 8.30. The first-order valence-corrected chi connectivity index (χ1v) is 9.88. The molecule has 0 radical (unpaired) electrons. The zero-order chi connectivity index (χ0) is 19.1. The van der Waals surface area contributed by atoms with Crippen molar-refractivity contribution in [2.24, 2.45) is 11.1 Å². The Morgan fingerprint density at radius 2 is 1.73 bits per heavy atom. The predicted octanol–water partition coefficient (Wildman–Crippen LogP) is 2.80. The minimum atomic E-state index is -3.73. The maximum atomic E-state index is 13.0. The van der Waals surface area contributed by atoms with Gasteiger partial charge in [0.05, 0.1) is 10.9 Å². The van der Waals surface area contributed by atoms with Gasteiger partial charge in [-0.15, -0.1) is 0 Å². The summed E-state index contributed by atoms with van der Waals surface area (Å²) >= 11 is 0. The van der Waals surface area contributed by atoms with Crippen molar-refractivity contribution in [1.82, 2.24) is 4.90 Å². The van der Waals surface area contributed by atoms with Gasteiger partial charge in [-0.3, -0.25) is 4.79 Å². The highest BCUT2D eigenvalue weighted by atomic mass is 32.2. The number of nitrogens with two attached hydrogens (primary N) is 1. The van der Waals surface area contributed by atoms with Crippen molar-refractivity contribution in [2.75, 3.05) is 7.05 Å². The molecule has 3 rings (SSSR count). The number of hydrogen-bond donors (Lipinski definition) is 1. The molecule has 2 aromatic carbocycles. The molecular weight excluding hydrogens is 355 g/mol. The first kappa shape index (κ1) is 18.5. The predicted molar refractivity (Wildman–Crippen MR) is 96.2 cm³/mol. The van der Waals surface area contributed by atoms with E-state index in [4.69, 9.17) is 5.14 Å². The Hall–Kier alpha value is -2.25. The van der Waals surface area contributed by atoms with Crippen LogP contribution in [0.5, 0.6) is 0 Å². The molecule has 0 heterocycles. The zero-order valence-electron chi connectivity index (χ0n) is 14.6. The van der Waals surface area contributed by atoms with Gasteiger partial charge in [0.2, 0.25) is 15.9 Å². The van der Waals surface area contributed by atoms with Crippen LogP contribution in [0.3, 0.4) is 0 Å². The average molecular weight is 376 g/mol. The van der Waals surface area contributed by atoms with E-state index in [1.165, 1.54) is 24.3 Å². The van der Waals surface area contributed by atoms with Gasteiger partial charge in [-0.05, 0) is 54.7 Å². The van der Waals surface area contributed by atoms with Crippen LogP contribution in [0, 0.1) is 11.7 Å². The fraction of sp³-hybridized carbons (Fsp3) is 0.316. The summed E-state index contributed by atoms with van der Waals surface area (Å²) in [7, 11) is -2.00. The molecule has 1 aliphatic carbocycles. The highest BCUT2D eigenvalue weighted by Crippen LogP contribution is 2.49. The van der Waals surface area contributed by atoms with Gasteiger partial charge in [0.15, 0.2) is 0 Å². The Labute approximate surface area is 152 Å². The lowest BCUT2D eigenvalue weighted by molar-refractivity contribution is -0.133. The summed E-state index contributed by atoms with van der Waals surface area (Å²) in [6.07, 6.45) is 0.756. The highest BCUT2D eigenvalue weighted by Gasteiger charge is 2.45. The van der Waals surface area contributed by atoms with E-state index in [1.807, 2.05) is 6.92 Å². The number of sulfonamides is 1. The van der Waals surface area contributed by atoms with E-state index >= 15 is 0 Å². The van der Waals surface area contributed by atoms with E-state index < -0.39 is 10.0 Å². The molecule has 1 amide bonds. The van der Waals surface area contributed by atoms with Gasteiger partial charge in [0, 0.05) is 13.0 Å². The van der Waals surface area contributed by atoms with Crippen LogP contribution in [-0.2, 0) is 14.8 Å². The normalized spacial score (nSPS) is 20.5. The van der Waals surface area contributed by atoms with E-state index in [0.29, 0.717) is 0 Å². The van der Waals surface area contributed by atoms with Crippen molar-refractivity contribution >= 4 is 15.9 Å². The molecule has 5 nitrogen and oxygen atoms in total. The lowest BCUT2D eigenvalue weighted by atomic mass is 10.1. The van der Waals surface area contributed by atoms with Gasteiger partial charge in [-0.2, -0.15) is 0 Å². The van der Waals surface area contributed by atoms with Crippen LogP contribution in [0.25, 0.3) is 0 Å². The second kappa shape index (κ2) is 6.81. The Morgan fingerprint density at radius 3 is 2.27 bits per heavy atom. The van der Waals surface area contributed by atoms with Gasteiger partial charge < -0.3 is 4.90 Å². The number of hydrogen-bond acceptors (Lipinski definition) is 3. The van der Waals surface area contributed by atoms with Crippen LogP contribution in [0.2, 0.25) is 0 Å². The number of halogens is 1. The SMILES string of the molecule is CC(c1ccc(S(N)(=O)=O)cc1)N(C)C(=O)C1CC1c1ccc(F)cc1. The highest BCUT2D eigenvalue weighted by molar-refractivity contribution is 7.89. The molecule has 2 N–H and O–H groups in total. The van der Waals surface area contributed by atoms with Crippen molar-refractivity contribution in [1.29, 1.82) is 0 Å². The van der Waals surface area contributed by atoms with Crippen LogP contribution >= 0.6 is 0 Å². The number of amides is 1. The van der Waals surface area contributed by atoms with Crippen molar-refractivity contribution in [3.63, 3.8) is 0 Å². The summed E-state index contributed by atoms with van der Waals surface area (Å²) in [5, 5.41) is 5.10. The average Bonchev–Trinajstić information content (AvgIpc) is 3.40. The molecule has 3 atom stereocenters. The fourth-order valence-corrected chi connectivity index (χ4v) is 3.67. The first-order chi connectivity index (χ1) is 12.2. The Morgan fingerprint density at radius 1 is 1.15 bits per heavy atom. The molecule has 26 heavy (non-hydrogen) atoms. The third-order valence-electron chi connectivity index (χ3n) is 5.03. The summed E-state index contributed by atoms with van der Waals surface area (Å²) in [6.45, 7) is 1.89. The molecule has 1 aliphatic rings. The second-order valence-electron chi connectivity index (χ2n) is 6.74. The first-order valence-electron chi connectivity index (χ1n) is 8.33. The van der Waals surface area contributed by atoms with E-state index in [2.05, 4.69) is 0 Å². The summed E-state index contributed by atoms with van der Waals surface area (Å²) < 4.78 is 35.7. The minimum absolute atomic E-state index is 0.0300. The lowest BCUT2D eigenvalue weighted by Crippen LogP contribution is -2.31. The molecule has 0 spiro atoms. The fourth-order valence-electron chi connectivity index (χ4n) is 3.16. The number of nitrogens with zero attached hydrogens (tertiary/aromatic N) is 1. The van der Waals surface area contributed by atoms with Gasteiger partial charge >= 0.3 is 0 Å². The molecule has 7 heteroatoms. The van der Waals surface area contributed by atoms with Gasteiger partial charge in [0.1, 0.15) is 5.82 Å². The van der Waals surface area contributed by atoms with E-state index in [1.54, 1.807) is 36.2 Å². The number of rotatable bonds is 5. The molecule has 138 valence electrons. The maximum Gasteiger partial charge on any atom is 0.238 e. The molecule has 1 saturated carbocycles. The van der Waals surface area contributed by atoms with Crippen molar-refractivity contribution in [3.8, 4) is 0 Å². The van der Waals surface area contributed by atoms with E-state index in [0.717, 1.165) is 17.5 Å². The van der Waals surface area contributed by atoms with E-state index in [9.17, 15) is 17.6 Å². The van der Waals surface area contributed by atoms with Crippen LogP contribution in [0.4, 0.5) is 4.39 Å². The summed E-state index contributed by atoms with van der Waals surface area (Å²) in [6, 6.07) is 12.3. The summed E-state index contributed by atoms with van der Waals surface area (Å²) in [4.78, 5) is 14.4. The monoisotopic (exact) mass is 376 g/mol. The smallest absolute Gasteiger partial charge is 0.238 e. The van der Waals surface area contributed by atoms with Crippen LogP contribution in [-0.4, -0.2) is 26.3 Å². The van der Waals surface area contributed by atoms with Gasteiger partial charge in [-0.25, -0.2) is 17.9 Å². The largest absolute Gasteiger partial charge is 0.339 e. The molecule has 0 saturated heterocycles. The number of benzene rings is 2. The quantitative estimate of drug-likeness (QED) is 0.871. The van der Waals surface area contributed by atoms with Crippen LogP contribution in [0.15, 0.2) is 53.4 Å². The molecule has 3 unspecified atom stereocenters. The molecular formula is C19H21FN2O3S. The summed E-state index contributed by atoms with van der Waals surface area (Å²) in [5.74, 6) is -0.229. The summed E-state index contributed by atoms with van der Waals surface area (Å²) in [5.41, 5.74) is 1.80. The van der Waals surface area contributed by atoms with Crippen molar-refractivity contribution < 1.29 is 17.6 Å². The number of primary sulfonamides is 1. The number of carbonyl (C=O) groups is 1. The molecule has 0 aliphatic heterocycles. The number of carbonyl (C=O) groups excluding carboxylic acids is 1. The van der Waals surface area contributed by atoms with E-state index in [-0.39, 0.29) is 34.5 Å². The van der Waals surface area contributed by atoms with Gasteiger partial charge in [0.25, 0.3) is 0 Å². The maximum absolute atomic E-state index is 13.0. The molecule has 0 aromatic heterocycles. The Kier molecular flexibility index (Phi) is 4.86. The third kappa shape index (κ3) is 3.78.